The molecule has 3 heterocycles. The summed E-state index contributed by atoms with van der Waals surface area (Å²) in [7, 11) is 3.54. The van der Waals surface area contributed by atoms with Crippen molar-refractivity contribution in [1.29, 1.82) is 0 Å². The number of benzene rings is 1. The molecule has 1 aliphatic heterocycles. The Hall–Kier alpha value is -3.14. The molecule has 1 fully saturated rings. The standard InChI is InChI=1S/C24H26Cl2N6O3/c1-14-11-15(12-27-22(14)35-16-7-9-32(2)10-8-16)29-24-28-13-17(23(31-24)34-3)21(33)30-20-18(25)5-4-6-19(20)26/h4-6,11-13,16H,7-10H2,1-3H3,(H,30,33)(H,28,29,31). The van der Waals surface area contributed by atoms with Gasteiger partial charge in [-0.05, 0) is 45.0 Å². The van der Waals surface area contributed by atoms with Gasteiger partial charge < -0.3 is 25.0 Å². The molecule has 9 nitrogen and oxygen atoms in total. The normalized spacial score (nSPS) is 14.4. The lowest BCUT2D eigenvalue weighted by Gasteiger charge is -2.29. The van der Waals surface area contributed by atoms with E-state index in [1.807, 2.05) is 13.0 Å². The molecule has 1 aliphatic rings. The second-order valence-corrected chi connectivity index (χ2v) is 9.07. The van der Waals surface area contributed by atoms with Crippen LogP contribution < -0.4 is 20.1 Å². The van der Waals surface area contributed by atoms with Crippen molar-refractivity contribution < 1.29 is 14.3 Å². The molecule has 0 atom stereocenters. The molecule has 0 spiro atoms. The minimum Gasteiger partial charge on any atom is -0.480 e. The Kier molecular flexibility index (Phi) is 7.90. The molecule has 35 heavy (non-hydrogen) atoms. The van der Waals surface area contributed by atoms with Crippen LogP contribution in [0.15, 0.2) is 36.7 Å². The average Bonchev–Trinajstić information content (AvgIpc) is 2.84. The highest BCUT2D eigenvalue weighted by molar-refractivity contribution is 6.40. The smallest absolute Gasteiger partial charge is 0.262 e. The summed E-state index contributed by atoms with van der Waals surface area (Å²) in [5.74, 6) is 0.458. The second-order valence-electron chi connectivity index (χ2n) is 8.26. The first-order chi connectivity index (χ1) is 16.8. The number of carbonyl (C=O) groups is 1. The van der Waals surface area contributed by atoms with Gasteiger partial charge in [-0.15, -0.1) is 0 Å². The van der Waals surface area contributed by atoms with E-state index in [0.29, 0.717) is 27.3 Å². The molecule has 0 radical (unpaired) electrons. The number of aromatic nitrogens is 3. The fourth-order valence-electron chi connectivity index (χ4n) is 3.68. The number of hydrogen-bond acceptors (Lipinski definition) is 8. The summed E-state index contributed by atoms with van der Waals surface area (Å²) in [6.45, 7) is 3.97. The minimum atomic E-state index is -0.503. The Morgan fingerprint density at radius 1 is 1.11 bits per heavy atom. The zero-order valence-corrected chi connectivity index (χ0v) is 21.2. The molecular formula is C24H26Cl2N6O3. The Morgan fingerprint density at radius 3 is 2.49 bits per heavy atom. The van der Waals surface area contributed by atoms with E-state index in [0.717, 1.165) is 31.5 Å². The van der Waals surface area contributed by atoms with Gasteiger partial charge in [0.2, 0.25) is 17.7 Å². The fraction of sp³-hybridized carbons (Fsp3) is 0.333. The van der Waals surface area contributed by atoms with E-state index in [9.17, 15) is 4.79 Å². The van der Waals surface area contributed by atoms with E-state index < -0.39 is 5.91 Å². The maximum absolute atomic E-state index is 12.8. The Labute approximate surface area is 213 Å². The number of likely N-dealkylation sites (tertiary alicyclic amines) is 1. The third-order valence-electron chi connectivity index (χ3n) is 5.62. The Balaban J connectivity index is 1.45. The molecule has 1 saturated heterocycles. The van der Waals surface area contributed by atoms with Crippen LogP contribution >= 0.6 is 23.2 Å². The fourth-order valence-corrected chi connectivity index (χ4v) is 4.17. The number of halogens is 2. The Morgan fingerprint density at radius 2 is 1.83 bits per heavy atom. The highest BCUT2D eigenvalue weighted by Crippen LogP contribution is 2.31. The monoisotopic (exact) mass is 516 g/mol. The summed E-state index contributed by atoms with van der Waals surface area (Å²) in [6.07, 6.45) is 5.16. The van der Waals surface area contributed by atoms with Gasteiger partial charge in [-0.2, -0.15) is 4.98 Å². The van der Waals surface area contributed by atoms with Crippen molar-refractivity contribution in [2.24, 2.45) is 0 Å². The van der Waals surface area contributed by atoms with Gasteiger partial charge in [-0.3, -0.25) is 4.79 Å². The number of anilines is 3. The van der Waals surface area contributed by atoms with Gasteiger partial charge in [-0.1, -0.05) is 29.3 Å². The first kappa shape index (κ1) is 25.0. The quantitative estimate of drug-likeness (QED) is 0.454. The summed E-state index contributed by atoms with van der Waals surface area (Å²) in [5.41, 5.74) is 2.01. The lowest BCUT2D eigenvalue weighted by Crippen LogP contribution is -2.35. The number of carbonyl (C=O) groups excluding carboxylic acids is 1. The number of nitrogens with one attached hydrogen (secondary N) is 2. The van der Waals surface area contributed by atoms with Gasteiger partial charge in [0.25, 0.3) is 5.91 Å². The number of piperidine rings is 1. The van der Waals surface area contributed by atoms with E-state index >= 15 is 0 Å². The van der Waals surface area contributed by atoms with Crippen molar-refractivity contribution in [3.8, 4) is 11.8 Å². The van der Waals surface area contributed by atoms with Gasteiger partial charge in [0.1, 0.15) is 11.7 Å². The van der Waals surface area contributed by atoms with Crippen molar-refractivity contribution in [2.75, 3.05) is 37.9 Å². The van der Waals surface area contributed by atoms with Gasteiger partial charge in [0.15, 0.2) is 0 Å². The minimum absolute atomic E-state index is 0.0927. The van der Waals surface area contributed by atoms with Gasteiger partial charge in [0.05, 0.1) is 34.7 Å². The van der Waals surface area contributed by atoms with E-state index in [1.165, 1.54) is 13.3 Å². The number of nitrogens with zero attached hydrogens (tertiary/aromatic N) is 4. The number of amides is 1. The molecule has 0 bridgehead atoms. The first-order valence-electron chi connectivity index (χ1n) is 11.1. The topological polar surface area (TPSA) is 102 Å². The number of ether oxygens (including phenoxy) is 2. The molecule has 3 aromatic rings. The predicted octanol–water partition coefficient (Wildman–Crippen LogP) is 4.96. The van der Waals surface area contributed by atoms with Crippen molar-refractivity contribution >= 4 is 46.4 Å². The summed E-state index contributed by atoms with van der Waals surface area (Å²) >= 11 is 12.3. The van der Waals surface area contributed by atoms with Crippen LogP contribution in [0.5, 0.6) is 11.8 Å². The van der Waals surface area contributed by atoms with Crippen LogP contribution in [0.3, 0.4) is 0 Å². The van der Waals surface area contributed by atoms with Crippen LogP contribution in [0.4, 0.5) is 17.3 Å². The number of pyridine rings is 1. The number of rotatable bonds is 7. The maximum atomic E-state index is 12.8. The SMILES string of the molecule is COc1nc(Nc2cnc(OC3CCN(C)CC3)c(C)c2)ncc1C(=O)Nc1c(Cl)cccc1Cl. The number of hydrogen-bond donors (Lipinski definition) is 2. The molecule has 1 amide bonds. The van der Waals surface area contributed by atoms with E-state index in [4.69, 9.17) is 32.7 Å². The molecular weight excluding hydrogens is 491 g/mol. The molecule has 11 heteroatoms. The summed E-state index contributed by atoms with van der Waals surface area (Å²) in [4.78, 5) is 28.1. The number of para-hydroxylation sites is 1. The molecule has 1 aromatic carbocycles. The zero-order valence-electron chi connectivity index (χ0n) is 19.6. The van der Waals surface area contributed by atoms with Crippen molar-refractivity contribution in [2.45, 2.75) is 25.9 Å². The predicted molar refractivity (Wildman–Crippen MR) is 136 cm³/mol. The third kappa shape index (κ3) is 6.11. The maximum Gasteiger partial charge on any atom is 0.262 e. The van der Waals surface area contributed by atoms with Gasteiger partial charge >= 0.3 is 0 Å². The van der Waals surface area contributed by atoms with Crippen LogP contribution in [0.25, 0.3) is 0 Å². The largest absolute Gasteiger partial charge is 0.480 e. The van der Waals surface area contributed by atoms with E-state index in [2.05, 4.69) is 37.5 Å². The molecule has 0 aliphatic carbocycles. The molecule has 184 valence electrons. The molecule has 4 rings (SSSR count). The van der Waals surface area contributed by atoms with E-state index in [-0.39, 0.29) is 23.5 Å². The summed E-state index contributed by atoms with van der Waals surface area (Å²) in [6, 6.07) is 6.86. The van der Waals surface area contributed by atoms with Crippen LogP contribution in [0.1, 0.15) is 28.8 Å². The number of methoxy groups -OCH3 is 1. The van der Waals surface area contributed by atoms with E-state index in [1.54, 1.807) is 24.4 Å². The lowest BCUT2D eigenvalue weighted by molar-refractivity contribution is 0.102. The van der Waals surface area contributed by atoms with Crippen LogP contribution in [0, 0.1) is 6.92 Å². The second kappa shape index (κ2) is 11.1. The number of aryl methyl sites for hydroxylation is 1. The molecule has 0 saturated carbocycles. The molecule has 2 aromatic heterocycles. The van der Waals surface area contributed by atoms with Crippen LogP contribution in [0.2, 0.25) is 10.0 Å². The Bertz CT molecular complexity index is 1200. The van der Waals surface area contributed by atoms with Crippen LogP contribution in [-0.4, -0.2) is 59.1 Å². The van der Waals surface area contributed by atoms with Crippen molar-refractivity contribution in [3.05, 3.63) is 57.8 Å². The molecule has 2 N–H and O–H groups in total. The molecule has 0 unspecified atom stereocenters. The third-order valence-corrected chi connectivity index (χ3v) is 6.25. The highest BCUT2D eigenvalue weighted by Gasteiger charge is 2.20. The van der Waals surface area contributed by atoms with Gasteiger partial charge in [0, 0.05) is 24.8 Å². The van der Waals surface area contributed by atoms with Crippen molar-refractivity contribution in [3.63, 3.8) is 0 Å². The summed E-state index contributed by atoms with van der Waals surface area (Å²) in [5, 5.41) is 6.40. The zero-order chi connectivity index (χ0) is 24.9. The highest BCUT2D eigenvalue weighted by atomic mass is 35.5. The van der Waals surface area contributed by atoms with Crippen molar-refractivity contribution in [1.82, 2.24) is 19.9 Å². The first-order valence-corrected chi connectivity index (χ1v) is 11.8. The van der Waals surface area contributed by atoms with Gasteiger partial charge in [-0.25, -0.2) is 9.97 Å². The van der Waals surface area contributed by atoms with Crippen LogP contribution in [-0.2, 0) is 0 Å². The average molecular weight is 517 g/mol. The lowest BCUT2D eigenvalue weighted by atomic mass is 10.1. The summed E-state index contributed by atoms with van der Waals surface area (Å²) < 4.78 is 11.4.